The highest BCUT2D eigenvalue weighted by atomic mass is 35.5. The molecule has 0 radical (unpaired) electrons. The molecule has 0 aliphatic heterocycles. The van der Waals surface area contributed by atoms with Gasteiger partial charge in [0.15, 0.2) is 0 Å². The van der Waals surface area contributed by atoms with E-state index >= 15 is 0 Å². The first-order valence-corrected chi connectivity index (χ1v) is 6.77. The Hall–Kier alpha value is -0.790. The van der Waals surface area contributed by atoms with Gasteiger partial charge in [-0.1, -0.05) is 35.9 Å². The van der Waals surface area contributed by atoms with Gasteiger partial charge in [0.1, 0.15) is 0 Å². The summed E-state index contributed by atoms with van der Waals surface area (Å²) in [5, 5.41) is 4.42. The van der Waals surface area contributed by atoms with Crippen LogP contribution in [-0.4, -0.2) is 12.6 Å². The number of hydrogen-bond acceptors (Lipinski definition) is 1. The van der Waals surface area contributed by atoms with Crippen LogP contribution in [0.25, 0.3) is 0 Å². The molecule has 0 atom stereocenters. The molecule has 1 aromatic carbocycles. The third kappa shape index (κ3) is 3.58. The lowest BCUT2D eigenvalue weighted by Crippen LogP contribution is -2.40. The predicted octanol–water partition coefficient (Wildman–Crippen LogP) is 4.14. The molecule has 0 spiro atoms. The minimum atomic E-state index is 0.709. The molecule has 0 bridgehead atoms. The van der Waals surface area contributed by atoms with Gasteiger partial charge in [-0.2, -0.15) is 0 Å². The molecule has 0 unspecified atom stereocenters. The summed E-state index contributed by atoms with van der Waals surface area (Å²) >= 11 is 5.89. The minimum absolute atomic E-state index is 0.709. The molecule has 1 aliphatic carbocycles. The fraction of sp³-hybridized carbons (Fsp3) is 0.467. The number of halogens is 1. The molecule has 0 heterocycles. The van der Waals surface area contributed by atoms with Gasteiger partial charge in [0, 0.05) is 11.1 Å². The topological polar surface area (TPSA) is 12.0 Å². The number of rotatable bonds is 5. The summed E-state index contributed by atoms with van der Waals surface area (Å²) in [5.41, 5.74) is 1.43. The Morgan fingerprint density at radius 3 is 2.65 bits per heavy atom. The third-order valence-electron chi connectivity index (χ3n) is 3.46. The van der Waals surface area contributed by atoms with Crippen LogP contribution in [0.1, 0.15) is 37.7 Å². The molecule has 1 aromatic rings. The van der Waals surface area contributed by atoms with E-state index in [9.17, 15) is 0 Å². The lowest BCUT2D eigenvalue weighted by Gasteiger charge is -2.36. The lowest BCUT2D eigenvalue weighted by molar-refractivity contribution is 0.293. The molecular formula is C15H20ClN. The van der Waals surface area contributed by atoms with E-state index in [0.717, 1.165) is 23.9 Å². The summed E-state index contributed by atoms with van der Waals surface area (Å²) in [7, 11) is 0. The average molecular weight is 250 g/mol. The second kappa shape index (κ2) is 6.23. The normalized spacial score (nSPS) is 23.9. The standard InChI is InChI=1S/C15H20ClN/c1-2-3-4-9-17-15-10-13(11-15)12-5-7-14(16)8-6-12/h2-3,5-8,13,15,17H,4,9-11H2,1H3/b3-2+. The van der Waals surface area contributed by atoms with Crippen molar-refractivity contribution < 1.29 is 0 Å². The zero-order chi connectivity index (χ0) is 12.1. The van der Waals surface area contributed by atoms with Crippen molar-refractivity contribution in [1.82, 2.24) is 5.32 Å². The summed E-state index contributed by atoms with van der Waals surface area (Å²) < 4.78 is 0. The van der Waals surface area contributed by atoms with Gasteiger partial charge in [-0.05, 0) is 56.3 Å². The fourth-order valence-corrected chi connectivity index (χ4v) is 2.46. The molecule has 1 fully saturated rings. The first-order valence-electron chi connectivity index (χ1n) is 6.39. The van der Waals surface area contributed by atoms with Gasteiger partial charge < -0.3 is 5.32 Å². The van der Waals surface area contributed by atoms with Crippen molar-refractivity contribution in [2.45, 2.75) is 38.1 Å². The zero-order valence-corrected chi connectivity index (χ0v) is 11.1. The SMILES string of the molecule is C/C=C/CCNC1CC(c2ccc(Cl)cc2)C1. The Morgan fingerprint density at radius 2 is 2.00 bits per heavy atom. The molecule has 0 amide bonds. The molecule has 2 heteroatoms. The van der Waals surface area contributed by atoms with Crippen LogP contribution in [0.5, 0.6) is 0 Å². The van der Waals surface area contributed by atoms with E-state index in [1.54, 1.807) is 0 Å². The van der Waals surface area contributed by atoms with Gasteiger partial charge in [-0.15, -0.1) is 0 Å². The van der Waals surface area contributed by atoms with E-state index < -0.39 is 0 Å². The summed E-state index contributed by atoms with van der Waals surface area (Å²) in [4.78, 5) is 0. The Morgan fingerprint density at radius 1 is 1.29 bits per heavy atom. The van der Waals surface area contributed by atoms with Crippen LogP contribution in [0.2, 0.25) is 5.02 Å². The summed E-state index contributed by atoms with van der Waals surface area (Å²) in [6.07, 6.45) is 7.98. The number of hydrogen-bond donors (Lipinski definition) is 1. The molecule has 1 saturated carbocycles. The van der Waals surface area contributed by atoms with Crippen molar-refractivity contribution in [2.75, 3.05) is 6.54 Å². The first kappa shape index (κ1) is 12.7. The smallest absolute Gasteiger partial charge is 0.0406 e. The number of benzene rings is 1. The molecule has 17 heavy (non-hydrogen) atoms. The molecule has 1 nitrogen and oxygen atoms in total. The highest BCUT2D eigenvalue weighted by Gasteiger charge is 2.29. The predicted molar refractivity (Wildman–Crippen MR) is 74.6 cm³/mol. The van der Waals surface area contributed by atoms with Crippen LogP contribution in [0, 0.1) is 0 Å². The maximum Gasteiger partial charge on any atom is 0.0406 e. The van der Waals surface area contributed by atoms with Crippen LogP contribution >= 0.6 is 11.6 Å². The van der Waals surface area contributed by atoms with Crippen molar-refractivity contribution in [3.63, 3.8) is 0 Å². The van der Waals surface area contributed by atoms with E-state index in [1.807, 2.05) is 12.1 Å². The second-order valence-corrected chi connectivity index (χ2v) is 5.17. The minimum Gasteiger partial charge on any atom is -0.314 e. The van der Waals surface area contributed by atoms with E-state index in [0.29, 0.717) is 6.04 Å². The molecule has 0 aromatic heterocycles. The van der Waals surface area contributed by atoms with Gasteiger partial charge in [-0.3, -0.25) is 0 Å². The van der Waals surface area contributed by atoms with Crippen LogP contribution in [0.15, 0.2) is 36.4 Å². The van der Waals surface area contributed by atoms with Gasteiger partial charge in [0.05, 0.1) is 0 Å². The zero-order valence-electron chi connectivity index (χ0n) is 10.3. The molecule has 0 saturated heterocycles. The maximum atomic E-state index is 5.89. The van der Waals surface area contributed by atoms with E-state index in [-0.39, 0.29) is 0 Å². The van der Waals surface area contributed by atoms with Gasteiger partial charge in [0.2, 0.25) is 0 Å². The second-order valence-electron chi connectivity index (χ2n) is 4.73. The van der Waals surface area contributed by atoms with Crippen molar-refractivity contribution in [2.24, 2.45) is 0 Å². The van der Waals surface area contributed by atoms with Crippen LogP contribution in [-0.2, 0) is 0 Å². The fourth-order valence-electron chi connectivity index (χ4n) is 2.33. The lowest BCUT2D eigenvalue weighted by atomic mass is 9.76. The third-order valence-corrected chi connectivity index (χ3v) is 3.71. The van der Waals surface area contributed by atoms with Crippen molar-refractivity contribution in [1.29, 1.82) is 0 Å². The van der Waals surface area contributed by atoms with E-state index in [1.165, 1.54) is 18.4 Å². The number of nitrogens with one attached hydrogen (secondary N) is 1. The van der Waals surface area contributed by atoms with E-state index in [2.05, 4.69) is 36.5 Å². The Balaban J connectivity index is 1.70. The highest BCUT2D eigenvalue weighted by molar-refractivity contribution is 6.30. The van der Waals surface area contributed by atoms with Crippen molar-refractivity contribution >= 4 is 11.6 Å². The Kier molecular flexibility index (Phi) is 4.64. The van der Waals surface area contributed by atoms with Crippen molar-refractivity contribution in [3.05, 3.63) is 47.0 Å². The summed E-state index contributed by atoms with van der Waals surface area (Å²) in [6.45, 7) is 3.17. The van der Waals surface area contributed by atoms with Crippen molar-refractivity contribution in [3.8, 4) is 0 Å². The molecule has 92 valence electrons. The maximum absolute atomic E-state index is 5.89. The molecular weight excluding hydrogens is 230 g/mol. The average Bonchev–Trinajstić information content (AvgIpc) is 2.28. The van der Waals surface area contributed by atoms with E-state index in [4.69, 9.17) is 11.6 Å². The largest absolute Gasteiger partial charge is 0.314 e. The quantitative estimate of drug-likeness (QED) is 0.611. The van der Waals surface area contributed by atoms with Gasteiger partial charge in [0.25, 0.3) is 0 Å². The monoisotopic (exact) mass is 249 g/mol. The summed E-state index contributed by atoms with van der Waals surface area (Å²) in [6, 6.07) is 9.00. The van der Waals surface area contributed by atoms with Crippen LogP contribution in [0.3, 0.4) is 0 Å². The Bertz CT molecular complexity index is 363. The van der Waals surface area contributed by atoms with Crippen LogP contribution in [0.4, 0.5) is 0 Å². The van der Waals surface area contributed by atoms with Crippen LogP contribution < -0.4 is 5.32 Å². The molecule has 1 aliphatic rings. The van der Waals surface area contributed by atoms with Gasteiger partial charge >= 0.3 is 0 Å². The first-order chi connectivity index (χ1) is 8.29. The summed E-state index contributed by atoms with van der Waals surface area (Å²) in [5.74, 6) is 0.728. The molecule has 1 N–H and O–H groups in total. The van der Waals surface area contributed by atoms with Gasteiger partial charge in [-0.25, -0.2) is 0 Å². The Labute approximate surface area is 109 Å². The molecule has 2 rings (SSSR count). The number of allylic oxidation sites excluding steroid dienone is 1. The highest BCUT2D eigenvalue weighted by Crippen LogP contribution is 2.37.